The van der Waals surface area contributed by atoms with Gasteiger partial charge in [-0.1, -0.05) is 6.92 Å². The second-order valence-corrected chi connectivity index (χ2v) is 8.38. The quantitative estimate of drug-likeness (QED) is 0.285. The summed E-state index contributed by atoms with van der Waals surface area (Å²) in [6.45, 7) is 17.1. The normalized spacial score (nSPS) is 18.9. The van der Waals surface area contributed by atoms with Crippen molar-refractivity contribution in [3.05, 3.63) is 0 Å². The zero-order valence-electron chi connectivity index (χ0n) is 21.0. The van der Waals surface area contributed by atoms with Crippen molar-refractivity contribution in [1.29, 1.82) is 0 Å². The fourth-order valence-corrected chi connectivity index (χ4v) is 2.42. The van der Waals surface area contributed by atoms with E-state index in [1.54, 1.807) is 7.11 Å². The number of ether oxygens (including phenoxy) is 7. The van der Waals surface area contributed by atoms with Crippen LogP contribution in [0.2, 0.25) is 0 Å². The molecule has 0 aliphatic carbocycles. The van der Waals surface area contributed by atoms with Crippen molar-refractivity contribution < 1.29 is 38.3 Å². The lowest BCUT2D eigenvalue weighted by Gasteiger charge is -2.22. The molecule has 0 aromatic rings. The van der Waals surface area contributed by atoms with Gasteiger partial charge < -0.3 is 38.3 Å². The van der Waals surface area contributed by atoms with Gasteiger partial charge in [-0.05, 0) is 48.0 Å². The minimum Gasteiger partial charge on any atom is -0.391 e. The van der Waals surface area contributed by atoms with Crippen LogP contribution in [0.5, 0.6) is 0 Å². The molecule has 8 heteroatoms. The molecule has 8 nitrogen and oxygen atoms in total. The van der Waals surface area contributed by atoms with Gasteiger partial charge in [0.2, 0.25) is 0 Å². The number of rotatable bonds is 21. The molecule has 0 radical (unpaired) electrons. The van der Waals surface area contributed by atoms with Gasteiger partial charge in [0, 0.05) is 7.11 Å². The minimum absolute atomic E-state index is 0.00589. The van der Waals surface area contributed by atoms with Gasteiger partial charge in [0.25, 0.3) is 0 Å². The number of hydrogen-bond donors (Lipinski definition) is 1. The Bertz CT molecular complexity index is 398. The summed E-state index contributed by atoms with van der Waals surface area (Å²) in [7, 11) is 1.66. The van der Waals surface area contributed by atoms with Gasteiger partial charge in [0.05, 0.1) is 89.0 Å². The molecule has 0 saturated heterocycles. The maximum Gasteiger partial charge on any atom is 0.0781 e. The lowest BCUT2D eigenvalue weighted by atomic mass is 10.3. The highest BCUT2D eigenvalue weighted by Crippen LogP contribution is 2.04. The van der Waals surface area contributed by atoms with Crippen molar-refractivity contribution in [2.75, 3.05) is 53.4 Å². The maximum absolute atomic E-state index is 9.53. The zero-order chi connectivity index (χ0) is 23.6. The summed E-state index contributed by atoms with van der Waals surface area (Å²) in [5.41, 5.74) is 0. The van der Waals surface area contributed by atoms with Crippen LogP contribution >= 0.6 is 0 Å². The molecule has 0 fully saturated rings. The van der Waals surface area contributed by atoms with Crippen molar-refractivity contribution in [2.24, 2.45) is 0 Å². The van der Waals surface area contributed by atoms with Gasteiger partial charge in [-0.15, -0.1) is 0 Å². The molecule has 0 aliphatic rings. The topological polar surface area (TPSA) is 84.8 Å². The van der Waals surface area contributed by atoms with Crippen LogP contribution in [-0.2, 0) is 33.2 Å². The Labute approximate surface area is 189 Å². The Hall–Kier alpha value is -0.320. The summed E-state index contributed by atoms with van der Waals surface area (Å²) in [6.07, 6.45) is 0.121. The molecule has 31 heavy (non-hydrogen) atoms. The van der Waals surface area contributed by atoms with Crippen molar-refractivity contribution >= 4 is 0 Å². The number of aliphatic hydroxyl groups excluding tert-OH is 1. The standard InChI is InChI=1S/C23H48O8/c1-9-23(24)16-31-22(7)15-30-21(6)14-29-20(5)13-28-19(4)12-27-18(3)11-26-17(2)10-25-8/h17-24H,9-16H2,1-8H3/t17-,18-,19-,20-,21-,22-,23-/m0/s1. The van der Waals surface area contributed by atoms with Gasteiger partial charge in [-0.2, -0.15) is 0 Å². The van der Waals surface area contributed by atoms with Gasteiger partial charge in [-0.25, -0.2) is 0 Å². The molecule has 0 aromatic heterocycles. The van der Waals surface area contributed by atoms with E-state index in [9.17, 15) is 5.11 Å². The predicted octanol–water partition coefficient (Wildman–Crippen LogP) is 2.83. The molecule has 0 heterocycles. The van der Waals surface area contributed by atoms with Gasteiger partial charge in [0.1, 0.15) is 0 Å². The largest absolute Gasteiger partial charge is 0.391 e. The van der Waals surface area contributed by atoms with Crippen LogP contribution in [0.4, 0.5) is 0 Å². The lowest BCUT2D eigenvalue weighted by Crippen LogP contribution is -2.30. The van der Waals surface area contributed by atoms with Crippen LogP contribution in [0.3, 0.4) is 0 Å². The summed E-state index contributed by atoms with van der Waals surface area (Å²) in [4.78, 5) is 0. The SMILES string of the molecule is CC[C@H](O)CO[C@@H](C)CO[C@@H](C)CO[C@@H](C)CO[C@@H](C)CO[C@@H](C)CO[C@@H](C)COC. The Morgan fingerprint density at radius 3 is 1.00 bits per heavy atom. The van der Waals surface area contributed by atoms with Gasteiger partial charge >= 0.3 is 0 Å². The van der Waals surface area contributed by atoms with Gasteiger partial charge in [0.15, 0.2) is 0 Å². The molecule has 7 atom stereocenters. The van der Waals surface area contributed by atoms with E-state index in [0.29, 0.717) is 52.7 Å². The fraction of sp³-hybridized carbons (Fsp3) is 1.00. The van der Waals surface area contributed by atoms with Gasteiger partial charge in [-0.3, -0.25) is 0 Å². The second kappa shape index (κ2) is 19.2. The number of methoxy groups -OCH3 is 1. The highest BCUT2D eigenvalue weighted by molar-refractivity contribution is 4.59. The maximum atomic E-state index is 9.53. The molecular weight excluding hydrogens is 404 g/mol. The third-order valence-electron chi connectivity index (χ3n) is 4.52. The minimum atomic E-state index is -0.419. The van der Waals surface area contributed by atoms with E-state index in [0.717, 1.165) is 0 Å². The lowest BCUT2D eigenvalue weighted by molar-refractivity contribution is -0.105. The Balaban J connectivity index is 3.79. The van der Waals surface area contributed by atoms with Crippen LogP contribution in [0.25, 0.3) is 0 Å². The van der Waals surface area contributed by atoms with Crippen molar-refractivity contribution in [3.8, 4) is 0 Å². The van der Waals surface area contributed by atoms with E-state index < -0.39 is 6.10 Å². The Morgan fingerprint density at radius 2 is 0.742 bits per heavy atom. The molecule has 188 valence electrons. The molecule has 0 amide bonds. The molecule has 0 rings (SSSR count). The van der Waals surface area contributed by atoms with E-state index in [-0.39, 0.29) is 36.6 Å². The van der Waals surface area contributed by atoms with Crippen LogP contribution in [-0.4, -0.2) is 101 Å². The van der Waals surface area contributed by atoms with Crippen molar-refractivity contribution in [3.63, 3.8) is 0 Å². The Kier molecular flexibility index (Phi) is 19.0. The number of hydrogen-bond acceptors (Lipinski definition) is 8. The average Bonchev–Trinajstić information content (AvgIpc) is 2.75. The summed E-state index contributed by atoms with van der Waals surface area (Å²) in [5.74, 6) is 0. The molecule has 1 N–H and O–H groups in total. The average molecular weight is 453 g/mol. The van der Waals surface area contributed by atoms with Crippen molar-refractivity contribution in [2.45, 2.75) is 97.6 Å². The molecular formula is C23H48O8. The van der Waals surface area contributed by atoms with E-state index in [2.05, 4.69) is 0 Å². The van der Waals surface area contributed by atoms with E-state index in [4.69, 9.17) is 33.2 Å². The molecule has 0 aliphatic heterocycles. The fourth-order valence-electron chi connectivity index (χ4n) is 2.42. The van der Waals surface area contributed by atoms with E-state index in [1.807, 2.05) is 48.5 Å². The molecule has 0 bridgehead atoms. The molecule has 0 unspecified atom stereocenters. The Morgan fingerprint density at radius 1 is 0.484 bits per heavy atom. The predicted molar refractivity (Wildman–Crippen MR) is 121 cm³/mol. The zero-order valence-corrected chi connectivity index (χ0v) is 21.0. The van der Waals surface area contributed by atoms with E-state index in [1.165, 1.54) is 0 Å². The van der Waals surface area contributed by atoms with E-state index >= 15 is 0 Å². The summed E-state index contributed by atoms with van der Waals surface area (Å²) >= 11 is 0. The first kappa shape index (κ1) is 30.7. The first-order valence-corrected chi connectivity index (χ1v) is 11.5. The second-order valence-electron chi connectivity index (χ2n) is 8.38. The van der Waals surface area contributed by atoms with Crippen LogP contribution in [0.1, 0.15) is 54.9 Å². The van der Waals surface area contributed by atoms with Crippen molar-refractivity contribution in [1.82, 2.24) is 0 Å². The van der Waals surface area contributed by atoms with Crippen LogP contribution in [0, 0.1) is 0 Å². The van der Waals surface area contributed by atoms with Crippen LogP contribution < -0.4 is 0 Å². The number of aliphatic hydroxyl groups is 1. The summed E-state index contributed by atoms with van der Waals surface area (Å²) < 4.78 is 39.4. The molecule has 0 spiro atoms. The third-order valence-corrected chi connectivity index (χ3v) is 4.52. The first-order valence-electron chi connectivity index (χ1n) is 11.5. The first-order chi connectivity index (χ1) is 14.7. The highest BCUT2D eigenvalue weighted by atomic mass is 16.6. The summed E-state index contributed by atoms with van der Waals surface area (Å²) in [6, 6.07) is 0. The summed E-state index contributed by atoms with van der Waals surface area (Å²) in [5, 5.41) is 9.53. The molecule has 0 saturated carbocycles. The molecule has 0 aromatic carbocycles. The van der Waals surface area contributed by atoms with Crippen LogP contribution in [0.15, 0.2) is 0 Å². The third kappa shape index (κ3) is 18.9. The monoisotopic (exact) mass is 452 g/mol. The highest BCUT2D eigenvalue weighted by Gasteiger charge is 2.13. The smallest absolute Gasteiger partial charge is 0.0781 e.